The molecule has 0 spiro atoms. The molecule has 1 aromatic rings. The highest BCUT2D eigenvalue weighted by molar-refractivity contribution is 8.47. The molecule has 0 bridgehead atoms. The van der Waals surface area contributed by atoms with Gasteiger partial charge in [-0.15, -0.1) is 23.5 Å². The summed E-state index contributed by atoms with van der Waals surface area (Å²) in [4.78, 5) is 36.4. The summed E-state index contributed by atoms with van der Waals surface area (Å²) in [6.07, 6.45) is 4.77. The van der Waals surface area contributed by atoms with Crippen LogP contribution in [0, 0.1) is 11.3 Å². The average molecular weight is 557 g/mol. The number of carboxylic acids is 2. The molecule has 0 heterocycles. The van der Waals surface area contributed by atoms with E-state index < -0.39 is 28.0 Å². The van der Waals surface area contributed by atoms with E-state index in [0.29, 0.717) is 25.0 Å². The molecule has 9 heteroatoms. The van der Waals surface area contributed by atoms with Crippen LogP contribution in [0.25, 0.3) is 0 Å². The molecule has 1 rings (SSSR count). The second-order valence-corrected chi connectivity index (χ2v) is 14.3. The number of carbonyl (C=O) groups is 3. The molecular weight excluding hydrogens is 516 g/mol. The Hall–Kier alpha value is -1.58. The van der Waals surface area contributed by atoms with E-state index in [1.54, 1.807) is 11.8 Å². The van der Waals surface area contributed by atoms with Crippen molar-refractivity contribution < 1.29 is 29.3 Å². The molecule has 2 N–H and O–H groups in total. The van der Waals surface area contributed by atoms with E-state index in [1.807, 2.05) is 34.6 Å². The van der Waals surface area contributed by atoms with Crippen LogP contribution in [0.5, 0.6) is 0 Å². The SMILES string of the molecule is CCCCOC(=O)C(CC(C)(C)Cc1cc(C(=O)O)cc(C(=O)O)c1)C(C)(C)SC(=S)SCCCC. The molecule has 0 fully saturated rings. The molecule has 6 nitrogen and oxygen atoms in total. The minimum Gasteiger partial charge on any atom is -0.478 e. The third-order valence-electron chi connectivity index (χ3n) is 5.86. The molecule has 36 heavy (non-hydrogen) atoms. The predicted molar refractivity (Wildman–Crippen MR) is 153 cm³/mol. The van der Waals surface area contributed by atoms with Crippen molar-refractivity contribution in [1.82, 2.24) is 0 Å². The number of rotatable bonds is 15. The van der Waals surface area contributed by atoms with E-state index in [1.165, 1.54) is 23.9 Å². The van der Waals surface area contributed by atoms with E-state index in [4.69, 9.17) is 17.0 Å². The van der Waals surface area contributed by atoms with Gasteiger partial charge in [-0.3, -0.25) is 4.79 Å². The minimum atomic E-state index is -1.18. The monoisotopic (exact) mass is 556 g/mol. The molecule has 0 saturated carbocycles. The van der Waals surface area contributed by atoms with Gasteiger partial charge >= 0.3 is 17.9 Å². The van der Waals surface area contributed by atoms with Gasteiger partial charge in [0.25, 0.3) is 0 Å². The van der Waals surface area contributed by atoms with Crippen LogP contribution in [-0.4, -0.2) is 48.8 Å². The molecular formula is C27H40O6S3. The van der Waals surface area contributed by atoms with Crippen molar-refractivity contribution in [1.29, 1.82) is 0 Å². The number of esters is 1. The van der Waals surface area contributed by atoms with Gasteiger partial charge in [-0.25, -0.2) is 9.59 Å². The molecule has 0 radical (unpaired) electrons. The number of benzene rings is 1. The zero-order chi connectivity index (χ0) is 27.5. The lowest BCUT2D eigenvalue weighted by Crippen LogP contribution is -2.40. The standard InChI is InChI=1S/C27H40O6S3/c1-7-9-11-33-24(32)21(27(5,6)36-25(34)35-12-10-8-2)17-26(3,4)16-18-13-19(22(28)29)15-20(14-18)23(30)31/h13-15,21H,7-12,16-17H2,1-6H3,(H,28,29)(H,30,31). The highest BCUT2D eigenvalue weighted by Crippen LogP contribution is 2.43. The van der Waals surface area contributed by atoms with Crippen LogP contribution in [0.3, 0.4) is 0 Å². The summed E-state index contributed by atoms with van der Waals surface area (Å²) in [6, 6.07) is 4.17. The molecule has 202 valence electrons. The summed E-state index contributed by atoms with van der Waals surface area (Å²) in [5, 5.41) is 18.9. The molecule has 0 aromatic heterocycles. The maximum Gasteiger partial charge on any atom is 0.335 e. The Morgan fingerprint density at radius 1 is 0.972 bits per heavy atom. The third-order valence-corrected chi connectivity index (χ3v) is 8.77. The largest absolute Gasteiger partial charge is 0.478 e. The number of ether oxygens (including phenoxy) is 1. The second-order valence-electron chi connectivity index (χ2n) is 10.3. The fraction of sp³-hybridized carbons (Fsp3) is 0.630. The number of carboxylic acid groups (broad SMARTS) is 2. The molecule has 1 aromatic carbocycles. The van der Waals surface area contributed by atoms with Gasteiger partial charge in [0.1, 0.15) is 3.53 Å². The van der Waals surface area contributed by atoms with E-state index in [0.717, 1.165) is 41.0 Å². The van der Waals surface area contributed by atoms with Crippen LogP contribution in [0.2, 0.25) is 0 Å². The molecule has 0 aliphatic carbocycles. The lowest BCUT2D eigenvalue weighted by atomic mass is 9.74. The molecule has 0 amide bonds. The van der Waals surface area contributed by atoms with Crippen LogP contribution < -0.4 is 0 Å². The van der Waals surface area contributed by atoms with Gasteiger partial charge in [0.2, 0.25) is 0 Å². The zero-order valence-electron chi connectivity index (χ0n) is 22.2. The van der Waals surface area contributed by atoms with Gasteiger partial charge in [0, 0.05) is 4.75 Å². The first-order chi connectivity index (χ1) is 16.7. The van der Waals surface area contributed by atoms with Crippen molar-refractivity contribution in [2.24, 2.45) is 11.3 Å². The molecule has 1 unspecified atom stereocenters. The number of carbonyl (C=O) groups excluding carboxylic acids is 1. The molecule has 0 saturated heterocycles. The van der Waals surface area contributed by atoms with Crippen molar-refractivity contribution in [3.05, 3.63) is 34.9 Å². The Morgan fingerprint density at radius 2 is 1.53 bits per heavy atom. The summed E-state index contributed by atoms with van der Waals surface area (Å²) in [7, 11) is 0. The Labute approximate surface area is 229 Å². The Bertz CT molecular complexity index is 894. The van der Waals surface area contributed by atoms with E-state index in [-0.39, 0.29) is 17.1 Å². The lowest BCUT2D eigenvalue weighted by Gasteiger charge is -2.37. The first-order valence-corrected chi connectivity index (χ1v) is 14.6. The highest BCUT2D eigenvalue weighted by atomic mass is 32.2. The van der Waals surface area contributed by atoms with Gasteiger partial charge in [-0.2, -0.15) is 0 Å². The third kappa shape index (κ3) is 11.2. The van der Waals surface area contributed by atoms with Crippen molar-refractivity contribution in [2.75, 3.05) is 12.4 Å². The maximum atomic E-state index is 13.3. The van der Waals surface area contributed by atoms with E-state index in [9.17, 15) is 24.6 Å². The number of thioether (sulfide) groups is 2. The van der Waals surface area contributed by atoms with Gasteiger partial charge in [0.15, 0.2) is 0 Å². The van der Waals surface area contributed by atoms with Crippen LogP contribution in [-0.2, 0) is 16.0 Å². The van der Waals surface area contributed by atoms with Gasteiger partial charge < -0.3 is 14.9 Å². The zero-order valence-corrected chi connectivity index (χ0v) is 24.7. The predicted octanol–water partition coefficient (Wildman–Crippen LogP) is 7.33. The van der Waals surface area contributed by atoms with Gasteiger partial charge in [-0.1, -0.05) is 52.8 Å². The van der Waals surface area contributed by atoms with E-state index in [2.05, 4.69) is 6.92 Å². The van der Waals surface area contributed by atoms with Crippen LogP contribution >= 0.6 is 35.7 Å². The van der Waals surface area contributed by atoms with Crippen molar-refractivity contribution in [3.8, 4) is 0 Å². The molecule has 1 atom stereocenters. The number of aromatic carboxylic acids is 2. The Morgan fingerprint density at radius 3 is 2.03 bits per heavy atom. The Kier molecular flexibility index (Phi) is 13.5. The smallest absolute Gasteiger partial charge is 0.335 e. The molecule has 0 aliphatic rings. The lowest BCUT2D eigenvalue weighted by molar-refractivity contribution is -0.150. The maximum absolute atomic E-state index is 13.3. The summed E-state index contributed by atoms with van der Waals surface area (Å²) in [5.41, 5.74) is 0.0190. The van der Waals surface area contributed by atoms with Crippen molar-refractivity contribution in [2.45, 2.75) is 84.8 Å². The number of hydrogen-bond donors (Lipinski definition) is 2. The van der Waals surface area contributed by atoms with Crippen molar-refractivity contribution >= 4 is 57.2 Å². The average Bonchev–Trinajstić information content (AvgIpc) is 2.76. The normalized spacial score (nSPS) is 12.7. The molecule has 0 aliphatic heterocycles. The number of hydrogen-bond acceptors (Lipinski definition) is 7. The van der Waals surface area contributed by atoms with E-state index >= 15 is 0 Å². The van der Waals surface area contributed by atoms with Crippen molar-refractivity contribution in [3.63, 3.8) is 0 Å². The topological polar surface area (TPSA) is 101 Å². The number of thiocarbonyl (C=S) groups is 1. The minimum absolute atomic E-state index is 0.0680. The highest BCUT2D eigenvalue weighted by Gasteiger charge is 2.41. The van der Waals surface area contributed by atoms with Gasteiger partial charge in [0.05, 0.1) is 23.7 Å². The second kappa shape index (κ2) is 15.0. The first kappa shape index (κ1) is 32.4. The number of unbranched alkanes of at least 4 members (excludes halogenated alkanes) is 2. The quantitative estimate of drug-likeness (QED) is 0.131. The fourth-order valence-corrected chi connectivity index (χ4v) is 7.24. The summed E-state index contributed by atoms with van der Waals surface area (Å²) >= 11 is 8.78. The fourth-order valence-electron chi connectivity index (χ4n) is 3.86. The van der Waals surface area contributed by atoms with Crippen LogP contribution in [0.1, 0.15) is 99.9 Å². The first-order valence-electron chi connectivity index (χ1n) is 12.4. The summed E-state index contributed by atoms with van der Waals surface area (Å²) in [6.45, 7) is 12.6. The van der Waals surface area contributed by atoms with Gasteiger partial charge in [-0.05, 0) is 74.5 Å². The Balaban J connectivity index is 3.20. The summed E-state index contributed by atoms with van der Waals surface area (Å²) < 4.78 is 5.93. The van der Waals surface area contributed by atoms with Crippen LogP contribution in [0.15, 0.2) is 18.2 Å². The summed E-state index contributed by atoms with van der Waals surface area (Å²) in [5.74, 6) is -2.13. The van der Waals surface area contributed by atoms with Crippen LogP contribution in [0.4, 0.5) is 0 Å².